The van der Waals surface area contributed by atoms with Crippen LogP contribution in [0.1, 0.15) is 18.0 Å². The maximum absolute atomic E-state index is 11.7. The van der Waals surface area contributed by atoms with Crippen molar-refractivity contribution in [3.05, 3.63) is 34.2 Å². The van der Waals surface area contributed by atoms with Gasteiger partial charge in [0.05, 0.1) is 6.04 Å². The SMILES string of the molecule is CN1CCC(n2cc(CN)ccc2=O)C1. The van der Waals surface area contributed by atoms with Crippen LogP contribution in [0.4, 0.5) is 0 Å². The molecule has 0 aliphatic carbocycles. The average molecular weight is 207 g/mol. The van der Waals surface area contributed by atoms with Crippen molar-refractivity contribution in [2.45, 2.75) is 19.0 Å². The van der Waals surface area contributed by atoms with Crippen LogP contribution in [0.5, 0.6) is 0 Å². The first-order valence-electron chi connectivity index (χ1n) is 5.30. The van der Waals surface area contributed by atoms with Crippen molar-refractivity contribution in [2.24, 2.45) is 5.73 Å². The molecule has 0 bridgehead atoms. The number of aromatic nitrogens is 1. The maximum Gasteiger partial charge on any atom is 0.250 e. The molecule has 2 N–H and O–H groups in total. The van der Waals surface area contributed by atoms with Gasteiger partial charge in [0.1, 0.15) is 0 Å². The first kappa shape index (κ1) is 10.4. The Balaban J connectivity index is 2.30. The van der Waals surface area contributed by atoms with Gasteiger partial charge in [0.25, 0.3) is 5.56 Å². The Morgan fingerprint density at radius 3 is 2.93 bits per heavy atom. The van der Waals surface area contributed by atoms with Gasteiger partial charge in [-0.1, -0.05) is 6.07 Å². The zero-order chi connectivity index (χ0) is 10.8. The van der Waals surface area contributed by atoms with Crippen molar-refractivity contribution in [1.29, 1.82) is 0 Å². The van der Waals surface area contributed by atoms with E-state index in [1.807, 2.05) is 10.8 Å². The molecule has 1 aromatic heterocycles. The molecule has 4 heteroatoms. The van der Waals surface area contributed by atoms with Gasteiger partial charge < -0.3 is 15.2 Å². The van der Waals surface area contributed by atoms with E-state index in [4.69, 9.17) is 5.73 Å². The van der Waals surface area contributed by atoms with Crippen LogP contribution >= 0.6 is 0 Å². The fraction of sp³-hybridized carbons (Fsp3) is 0.545. The van der Waals surface area contributed by atoms with Gasteiger partial charge >= 0.3 is 0 Å². The molecule has 4 nitrogen and oxygen atoms in total. The molecule has 1 atom stereocenters. The minimum Gasteiger partial charge on any atom is -0.326 e. The predicted octanol–water partition coefficient (Wildman–Crippen LogP) is 0.184. The lowest BCUT2D eigenvalue weighted by Crippen LogP contribution is -2.26. The van der Waals surface area contributed by atoms with Gasteiger partial charge in [-0.2, -0.15) is 0 Å². The van der Waals surface area contributed by atoms with Crippen molar-refractivity contribution in [2.75, 3.05) is 20.1 Å². The Morgan fingerprint density at radius 1 is 1.53 bits per heavy atom. The molecule has 1 saturated heterocycles. The highest BCUT2D eigenvalue weighted by Gasteiger charge is 2.21. The molecule has 82 valence electrons. The van der Waals surface area contributed by atoms with Crippen molar-refractivity contribution < 1.29 is 0 Å². The molecule has 0 radical (unpaired) electrons. The molecule has 1 aliphatic rings. The molecule has 0 spiro atoms. The minimum atomic E-state index is 0.0764. The molecule has 2 heterocycles. The van der Waals surface area contributed by atoms with Crippen LogP contribution in [0.25, 0.3) is 0 Å². The molecular weight excluding hydrogens is 190 g/mol. The highest BCUT2D eigenvalue weighted by Crippen LogP contribution is 2.18. The summed E-state index contributed by atoms with van der Waals surface area (Å²) in [5, 5.41) is 0. The summed E-state index contributed by atoms with van der Waals surface area (Å²) in [5.41, 5.74) is 6.66. The van der Waals surface area contributed by atoms with Crippen LogP contribution in [0.15, 0.2) is 23.1 Å². The highest BCUT2D eigenvalue weighted by molar-refractivity contribution is 5.10. The van der Waals surface area contributed by atoms with Crippen LogP contribution in [0, 0.1) is 0 Å². The van der Waals surface area contributed by atoms with Gasteiger partial charge in [0.2, 0.25) is 0 Å². The standard InChI is InChI=1S/C11H17N3O/c1-13-5-4-10(8-13)14-7-9(6-12)2-3-11(14)15/h2-3,7,10H,4-6,8,12H2,1H3. The third-order valence-corrected chi connectivity index (χ3v) is 2.99. The molecule has 1 fully saturated rings. The lowest BCUT2D eigenvalue weighted by atomic mass is 10.2. The van der Waals surface area contributed by atoms with E-state index in [0.717, 1.165) is 25.1 Å². The summed E-state index contributed by atoms with van der Waals surface area (Å²) in [7, 11) is 2.08. The normalized spacial score (nSPS) is 22.1. The molecular formula is C11H17N3O. The first-order valence-corrected chi connectivity index (χ1v) is 5.30. The Morgan fingerprint density at radius 2 is 2.33 bits per heavy atom. The van der Waals surface area contributed by atoms with Crippen LogP contribution in [-0.2, 0) is 6.54 Å². The molecule has 0 aromatic carbocycles. The molecule has 1 aromatic rings. The van der Waals surface area contributed by atoms with Gasteiger partial charge in [-0.15, -0.1) is 0 Å². The first-order chi connectivity index (χ1) is 7.20. The maximum atomic E-state index is 11.7. The smallest absolute Gasteiger partial charge is 0.250 e. The van der Waals surface area contributed by atoms with Crippen LogP contribution < -0.4 is 11.3 Å². The van der Waals surface area contributed by atoms with Crippen molar-refractivity contribution >= 4 is 0 Å². The summed E-state index contributed by atoms with van der Waals surface area (Å²) in [6, 6.07) is 3.73. The monoisotopic (exact) mass is 207 g/mol. The number of likely N-dealkylation sites (N-methyl/N-ethyl adjacent to an activating group) is 1. The molecule has 1 unspecified atom stereocenters. The second-order valence-electron chi connectivity index (χ2n) is 4.19. The van der Waals surface area contributed by atoms with E-state index in [-0.39, 0.29) is 5.56 Å². The van der Waals surface area contributed by atoms with Crippen LogP contribution in [0.2, 0.25) is 0 Å². The second-order valence-corrected chi connectivity index (χ2v) is 4.19. The Hall–Kier alpha value is -1.13. The van der Waals surface area contributed by atoms with Gasteiger partial charge in [-0.25, -0.2) is 0 Å². The predicted molar refractivity (Wildman–Crippen MR) is 59.7 cm³/mol. The van der Waals surface area contributed by atoms with E-state index in [2.05, 4.69) is 11.9 Å². The van der Waals surface area contributed by atoms with Crippen molar-refractivity contribution in [3.8, 4) is 0 Å². The lowest BCUT2D eigenvalue weighted by molar-refractivity contribution is 0.389. The summed E-state index contributed by atoms with van der Waals surface area (Å²) in [6.07, 6.45) is 2.94. The van der Waals surface area contributed by atoms with E-state index in [9.17, 15) is 4.79 Å². The van der Waals surface area contributed by atoms with Crippen molar-refractivity contribution in [3.63, 3.8) is 0 Å². The zero-order valence-corrected chi connectivity index (χ0v) is 9.02. The summed E-state index contributed by atoms with van der Waals surface area (Å²) < 4.78 is 1.83. The number of nitrogens with zero attached hydrogens (tertiary/aromatic N) is 2. The number of nitrogens with two attached hydrogens (primary N) is 1. The van der Waals surface area contributed by atoms with Gasteiger partial charge in [-0.3, -0.25) is 4.79 Å². The minimum absolute atomic E-state index is 0.0764. The van der Waals surface area contributed by atoms with E-state index in [0.29, 0.717) is 12.6 Å². The Labute approximate surface area is 89.3 Å². The largest absolute Gasteiger partial charge is 0.326 e. The third-order valence-electron chi connectivity index (χ3n) is 2.99. The molecule has 1 aliphatic heterocycles. The van der Waals surface area contributed by atoms with Crippen LogP contribution in [-0.4, -0.2) is 29.6 Å². The summed E-state index contributed by atoms with van der Waals surface area (Å²) in [5.74, 6) is 0. The number of hydrogen-bond acceptors (Lipinski definition) is 3. The summed E-state index contributed by atoms with van der Waals surface area (Å²) >= 11 is 0. The quantitative estimate of drug-likeness (QED) is 0.753. The number of likely N-dealkylation sites (tertiary alicyclic amines) is 1. The number of rotatable bonds is 2. The van der Waals surface area contributed by atoms with Crippen LogP contribution in [0.3, 0.4) is 0 Å². The fourth-order valence-electron chi connectivity index (χ4n) is 2.09. The number of hydrogen-bond donors (Lipinski definition) is 1. The highest BCUT2D eigenvalue weighted by atomic mass is 16.1. The van der Waals surface area contributed by atoms with Gasteiger partial charge in [0.15, 0.2) is 0 Å². The van der Waals surface area contributed by atoms with Gasteiger partial charge in [-0.05, 0) is 25.6 Å². The summed E-state index contributed by atoms with van der Waals surface area (Å²) in [6.45, 7) is 2.50. The van der Waals surface area contributed by atoms with E-state index in [1.54, 1.807) is 12.1 Å². The number of pyridine rings is 1. The zero-order valence-electron chi connectivity index (χ0n) is 9.02. The topological polar surface area (TPSA) is 51.3 Å². The van der Waals surface area contributed by atoms with Crippen molar-refractivity contribution in [1.82, 2.24) is 9.47 Å². The molecule has 15 heavy (non-hydrogen) atoms. The van der Waals surface area contributed by atoms with E-state index < -0.39 is 0 Å². The summed E-state index contributed by atoms with van der Waals surface area (Å²) in [4.78, 5) is 13.9. The third kappa shape index (κ3) is 2.11. The Bertz CT molecular complexity index is 399. The van der Waals surface area contributed by atoms with E-state index >= 15 is 0 Å². The van der Waals surface area contributed by atoms with Gasteiger partial charge in [0, 0.05) is 25.4 Å². The molecule has 0 amide bonds. The molecule has 2 rings (SSSR count). The lowest BCUT2D eigenvalue weighted by Gasteiger charge is -2.14. The van der Waals surface area contributed by atoms with E-state index in [1.165, 1.54) is 0 Å². The Kier molecular flexibility index (Phi) is 2.88. The molecule has 0 saturated carbocycles. The average Bonchev–Trinajstić information content (AvgIpc) is 2.65. The second kappa shape index (κ2) is 4.16. The fourth-order valence-corrected chi connectivity index (χ4v) is 2.09.